The molecule has 1 amide bonds. The Labute approximate surface area is 111 Å². The Hall–Kier alpha value is -2.21. The van der Waals surface area contributed by atoms with E-state index in [1.54, 1.807) is 0 Å². The number of nitrogens with zero attached hydrogens (tertiary/aromatic N) is 2. The summed E-state index contributed by atoms with van der Waals surface area (Å²) in [6.45, 7) is 2.15. The number of hydrogen-bond acceptors (Lipinski definition) is 5. The third kappa shape index (κ3) is 3.62. The van der Waals surface area contributed by atoms with Gasteiger partial charge in [-0.1, -0.05) is 12.1 Å². The molecule has 6 heteroatoms. The average molecular weight is 260 g/mol. The number of ether oxygens (including phenoxy) is 1. The van der Waals surface area contributed by atoms with Gasteiger partial charge in [0.15, 0.2) is 6.61 Å². The fourth-order valence-corrected chi connectivity index (χ4v) is 1.55. The Bertz CT molecular complexity index is 566. The van der Waals surface area contributed by atoms with Gasteiger partial charge in [-0.25, -0.2) is 9.97 Å². The first-order valence-corrected chi connectivity index (χ1v) is 6.01. The van der Waals surface area contributed by atoms with Crippen molar-refractivity contribution in [2.24, 2.45) is 5.73 Å². The lowest BCUT2D eigenvalue weighted by Crippen LogP contribution is -2.37. The van der Waals surface area contributed by atoms with Crippen LogP contribution in [0.1, 0.15) is 6.92 Å². The van der Waals surface area contributed by atoms with Gasteiger partial charge in [-0.05, 0) is 19.1 Å². The maximum absolute atomic E-state index is 11.5. The number of para-hydroxylation sites is 1. The lowest BCUT2D eigenvalue weighted by atomic mass is 10.2. The molecule has 0 spiro atoms. The smallest absolute Gasteiger partial charge is 0.258 e. The number of carbonyl (C=O) groups excluding carboxylic acids is 1. The van der Waals surface area contributed by atoms with E-state index in [1.165, 1.54) is 6.33 Å². The molecular formula is C13H16N4O2. The quantitative estimate of drug-likeness (QED) is 0.815. The largest absolute Gasteiger partial charge is 0.467 e. The van der Waals surface area contributed by atoms with Gasteiger partial charge in [-0.2, -0.15) is 0 Å². The number of hydrogen-bond donors (Lipinski definition) is 2. The first kappa shape index (κ1) is 13.2. The van der Waals surface area contributed by atoms with Crippen molar-refractivity contribution in [1.82, 2.24) is 15.3 Å². The minimum absolute atomic E-state index is 0.0798. The van der Waals surface area contributed by atoms with Crippen molar-refractivity contribution >= 4 is 16.8 Å². The van der Waals surface area contributed by atoms with E-state index < -0.39 is 0 Å². The Morgan fingerprint density at radius 3 is 3.00 bits per heavy atom. The molecule has 0 aliphatic heterocycles. The molecule has 2 rings (SSSR count). The van der Waals surface area contributed by atoms with Crippen molar-refractivity contribution in [3.63, 3.8) is 0 Å². The average Bonchev–Trinajstić information content (AvgIpc) is 2.42. The monoisotopic (exact) mass is 260 g/mol. The second kappa shape index (κ2) is 6.10. The molecule has 0 saturated heterocycles. The van der Waals surface area contributed by atoms with Crippen LogP contribution in [0.2, 0.25) is 0 Å². The van der Waals surface area contributed by atoms with Crippen molar-refractivity contribution in [1.29, 1.82) is 0 Å². The van der Waals surface area contributed by atoms with E-state index in [9.17, 15) is 4.79 Å². The minimum atomic E-state index is -0.222. The Morgan fingerprint density at radius 1 is 1.42 bits per heavy atom. The highest BCUT2D eigenvalue weighted by Crippen LogP contribution is 2.20. The molecule has 0 saturated carbocycles. The predicted octanol–water partition coefficient (Wildman–Crippen LogP) is 0.472. The third-order valence-corrected chi connectivity index (χ3v) is 2.47. The highest BCUT2D eigenvalue weighted by molar-refractivity contribution is 5.83. The molecule has 6 nitrogen and oxygen atoms in total. The lowest BCUT2D eigenvalue weighted by molar-refractivity contribution is -0.123. The van der Waals surface area contributed by atoms with Crippen LogP contribution < -0.4 is 15.8 Å². The van der Waals surface area contributed by atoms with Crippen LogP contribution in [0.15, 0.2) is 30.6 Å². The highest BCUT2D eigenvalue weighted by Gasteiger charge is 2.07. The summed E-state index contributed by atoms with van der Waals surface area (Å²) in [6, 6.07) is 7.39. The van der Waals surface area contributed by atoms with Crippen molar-refractivity contribution in [2.75, 3.05) is 13.2 Å². The summed E-state index contributed by atoms with van der Waals surface area (Å²) in [5.74, 6) is 0.182. The zero-order chi connectivity index (χ0) is 13.7. The van der Waals surface area contributed by atoms with Crippen LogP contribution in [0.3, 0.4) is 0 Å². The first-order valence-electron chi connectivity index (χ1n) is 6.01. The molecule has 1 aromatic carbocycles. The van der Waals surface area contributed by atoms with E-state index in [1.807, 2.05) is 31.2 Å². The van der Waals surface area contributed by atoms with Crippen LogP contribution in [0, 0.1) is 0 Å². The van der Waals surface area contributed by atoms with Gasteiger partial charge in [0.05, 0.1) is 10.9 Å². The number of aromatic nitrogens is 2. The highest BCUT2D eigenvalue weighted by atomic mass is 16.5. The molecule has 3 N–H and O–H groups in total. The van der Waals surface area contributed by atoms with Crippen molar-refractivity contribution in [3.8, 4) is 5.88 Å². The minimum Gasteiger partial charge on any atom is -0.467 e. The van der Waals surface area contributed by atoms with E-state index in [0.29, 0.717) is 12.4 Å². The van der Waals surface area contributed by atoms with Gasteiger partial charge in [0.2, 0.25) is 5.88 Å². The van der Waals surface area contributed by atoms with E-state index in [4.69, 9.17) is 10.5 Å². The van der Waals surface area contributed by atoms with E-state index >= 15 is 0 Å². The standard InChI is InChI=1S/C13H16N4O2/c1-9(14)6-15-12(18)7-19-13-10-4-2-3-5-11(10)16-8-17-13/h2-5,8-9H,6-7,14H2,1H3,(H,15,18). The zero-order valence-electron chi connectivity index (χ0n) is 10.7. The zero-order valence-corrected chi connectivity index (χ0v) is 10.7. The van der Waals surface area contributed by atoms with E-state index in [0.717, 1.165) is 10.9 Å². The molecule has 0 aliphatic rings. The summed E-state index contributed by atoms with van der Waals surface area (Å²) < 4.78 is 5.41. The summed E-state index contributed by atoms with van der Waals surface area (Å²) in [7, 11) is 0. The van der Waals surface area contributed by atoms with Crippen LogP contribution in [-0.4, -0.2) is 35.1 Å². The summed E-state index contributed by atoms with van der Waals surface area (Å²) in [6.07, 6.45) is 1.41. The summed E-state index contributed by atoms with van der Waals surface area (Å²) in [4.78, 5) is 19.7. The van der Waals surface area contributed by atoms with Gasteiger partial charge >= 0.3 is 0 Å². The molecular weight excluding hydrogens is 244 g/mol. The van der Waals surface area contributed by atoms with Crippen molar-refractivity contribution < 1.29 is 9.53 Å². The molecule has 1 aromatic heterocycles. The number of rotatable bonds is 5. The fourth-order valence-electron chi connectivity index (χ4n) is 1.55. The molecule has 19 heavy (non-hydrogen) atoms. The maximum atomic E-state index is 11.5. The number of amides is 1. The van der Waals surface area contributed by atoms with Crippen LogP contribution in [0.4, 0.5) is 0 Å². The van der Waals surface area contributed by atoms with Gasteiger partial charge in [0, 0.05) is 12.6 Å². The molecule has 0 aliphatic carbocycles. The maximum Gasteiger partial charge on any atom is 0.258 e. The third-order valence-electron chi connectivity index (χ3n) is 2.47. The summed E-state index contributed by atoms with van der Waals surface area (Å²) >= 11 is 0. The van der Waals surface area contributed by atoms with Gasteiger partial charge in [0.1, 0.15) is 6.33 Å². The Morgan fingerprint density at radius 2 is 2.21 bits per heavy atom. The van der Waals surface area contributed by atoms with Gasteiger partial charge in [-0.3, -0.25) is 4.79 Å². The summed E-state index contributed by atoms with van der Waals surface area (Å²) in [5, 5.41) is 3.45. The number of carbonyl (C=O) groups is 1. The topological polar surface area (TPSA) is 90.1 Å². The second-order valence-corrected chi connectivity index (χ2v) is 4.27. The Balaban J connectivity index is 2.00. The second-order valence-electron chi connectivity index (χ2n) is 4.27. The number of benzene rings is 1. The van der Waals surface area contributed by atoms with E-state index in [2.05, 4.69) is 15.3 Å². The summed E-state index contributed by atoms with van der Waals surface area (Å²) in [5.41, 5.74) is 6.33. The number of nitrogens with two attached hydrogens (primary N) is 1. The normalized spacial score (nSPS) is 12.1. The number of fused-ring (bicyclic) bond motifs is 1. The molecule has 1 atom stereocenters. The fraction of sp³-hybridized carbons (Fsp3) is 0.308. The number of nitrogens with one attached hydrogen (secondary N) is 1. The van der Waals surface area contributed by atoms with E-state index in [-0.39, 0.29) is 18.6 Å². The molecule has 0 radical (unpaired) electrons. The van der Waals surface area contributed by atoms with Crippen LogP contribution in [0.5, 0.6) is 5.88 Å². The molecule has 0 bridgehead atoms. The molecule has 2 aromatic rings. The predicted molar refractivity (Wildman–Crippen MR) is 71.7 cm³/mol. The van der Waals surface area contributed by atoms with Crippen LogP contribution in [0.25, 0.3) is 10.9 Å². The molecule has 1 unspecified atom stereocenters. The van der Waals surface area contributed by atoms with Crippen molar-refractivity contribution in [3.05, 3.63) is 30.6 Å². The van der Waals surface area contributed by atoms with Gasteiger partial charge in [0.25, 0.3) is 5.91 Å². The lowest BCUT2D eigenvalue weighted by Gasteiger charge is -2.09. The van der Waals surface area contributed by atoms with Gasteiger partial charge < -0.3 is 15.8 Å². The first-order chi connectivity index (χ1) is 9.16. The van der Waals surface area contributed by atoms with Gasteiger partial charge in [-0.15, -0.1) is 0 Å². The Kier molecular flexibility index (Phi) is 4.25. The SMILES string of the molecule is CC(N)CNC(=O)COc1ncnc2ccccc12. The van der Waals surface area contributed by atoms with Crippen LogP contribution >= 0.6 is 0 Å². The molecule has 0 fully saturated rings. The van der Waals surface area contributed by atoms with Crippen molar-refractivity contribution in [2.45, 2.75) is 13.0 Å². The molecule has 1 heterocycles. The van der Waals surface area contributed by atoms with Crippen LogP contribution in [-0.2, 0) is 4.79 Å². The molecule has 100 valence electrons.